The van der Waals surface area contributed by atoms with Crippen LogP contribution in [-0.2, 0) is 6.42 Å². The van der Waals surface area contributed by atoms with Gasteiger partial charge in [0.05, 0.1) is 7.11 Å². The highest BCUT2D eigenvalue weighted by molar-refractivity contribution is 5.53. The Morgan fingerprint density at radius 3 is 3.06 bits per heavy atom. The smallest absolute Gasteiger partial charge is 0.258 e. The molecule has 0 radical (unpaired) electrons. The molecule has 0 atom stereocenters. The zero-order valence-corrected chi connectivity index (χ0v) is 9.01. The molecule has 0 saturated carbocycles. The van der Waals surface area contributed by atoms with Crippen LogP contribution in [0.1, 0.15) is 5.69 Å². The van der Waals surface area contributed by atoms with Crippen LogP contribution in [0, 0.1) is 0 Å². The number of methoxy groups -OCH3 is 1. The topological polar surface area (TPSA) is 69.6 Å². The van der Waals surface area contributed by atoms with Gasteiger partial charge in [-0.3, -0.25) is 9.20 Å². The van der Waals surface area contributed by atoms with Gasteiger partial charge in [-0.1, -0.05) is 0 Å². The van der Waals surface area contributed by atoms with Gasteiger partial charge in [-0.05, 0) is 18.7 Å². The van der Waals surface area contributed by atoms with Crippen LogP contribution in [0.15, 0.2) is 29.2 Å². The summed E-state index contributed by atoms with van der Waals surface area (Å²) in [5.74, 6) is 0.582. The van der Waals surface area contributed by atoms with Crippen LogP contribution in [0.3, 0.4) is 0 Å². The Labute approximate surface area is 92.5 Å². The summed E-state index contributed by atoms with van der Waals surface area (Å²) in [7, 11) is 1.55. The van der Waals surface area contributed by atoms with E-state index in [0.29, 0.717) is 30.1 Å². The number of hydrogen-bond acceptors (Lipinski definition) is 4. The van der Waals surface area contributed by atoms with Gasteiger partial charge < -0.3 is 10.5 Å². The molecule has 0 aliphatic heterocycles. The summed E-state index contributed by atoms with van der Waals surface area (Å²) in [6.45, 7) is 0.470. The number of fused-ring (bicyclic) bond motifs is 1. The number of nitrogens with zero attached hydrogens (tertiary/aromatic N) is 2. The second kappa shape index (κ2) is 4.32. The summed E-state index contributed by atoms with van der Waals surface area (Å²) in [4.78, 5) is 16.1. The Morgan fingerprint density at radius 1 is 1.56 bits per heavy atom. The number of ether oxygens (including phenoxy) is 1. The molecule has 5 nitrogen and oxygen atoms in total. The van der Waals surface area contributed by atoms with Gasteiger partial charge in [-0.25, -0.2) is 4.98 Å². The van der Waals surface area contributed by atoms with Gasteiger partial charge in [-0.2, -0.15) is 0 Å². The summed E-state index contributed by atoms with van der Waals surface area (Å²) in [5, 5.41) is 0. The molecule has 0 spiro atoms. The van der Waals surface area contributed by atoms with Crippen molar-refractivity contribution in [2.75, 3.05) is 13.7 Å². The van der Waals surface area contributed by atoms with Crippen molar-refractivity contribution in [1.82, 2.24) is 9.38 Å². The SMILES string of the molecule is COc1cccn2c(=O)cc(CCN)nc12. The zero-order chi connectivity index (χ0) is 11.5. The van der Waals surface area contributed by atoms with Gasteiger partial charge >= 0.3 is 0 Å². The average Bonchev–Trinajstić information content (AvgIpc) is 2.29. The van der Waals surface area contributed by atoms with Crippen LogP contribution in [0.5, 0.6) is 5.75 Å². The predicted molar refractivity (Wildman–Crippen MR) is 60.8 cm³/mol. The molecule has 0 saturated heterocycles. The molecule has 2 aromatic rings. The first-order valence-electron chi connectivity index (χ1n) is 5.01. The first-order chi connectivity index (χ1) is 7.76. The molecule has 2 heterocycles. The third kappa shape index (κ3) is 1.77. The normalized spacial score (nSPS) is 10.6. The maximum Gasteiger partial charge on any atom is 0.258 e. The molecule has 0 aliphatic rings. The molecule has 5 heteroatoms. The third-order valence-electron chi connectivity index (χ3n) is 2.33. The molecule has 84 valence electrons. The van der Waals surface area contributed by atoms with Gasteiger partial charge in [-0.15, -0.1) is 0 Å². The quantitative estimate of drug-likeness (QED) is 0.800. The van der Waals surface area contributed by atoms with Crippen LogP contribution >= 0.6 is 0 Å². The van der Waals surface area contributed by atoms with E-state index in [1.54, 1.807) is 25.4 Å². The van der Waals surface area contributed by atoms with Gasteiger partial charge in [0.15, 0.2) is 11.4 Å². The number of nitrogens with two attached hydrogens (primary N) is 1. The average molecular weight is 219 g/mol. The Morgan fingerprint density at radius 2 is 2.38 bits per heavy atom. The van der Waals surface area contributed by atoms with E-state index in [1.165, 1.54) is 10.5 Å². The van der Waals surface area contributed by atoms with Crippen molar-refractivity contribution in [3.8, 4) is 5.75 Å². The molecule has 2 rings (SSSR count). The molecule has 0 fully saturated rings. The van der Waals surface area contributed by atoms with Crippen LogP contribution in [-0.4, -0.2) is 23.0 Å². The van der Waals surface area contributed by atoms with E-state index in [9.17, 15) is 4.79 Å². The molecule has 0 unspecified atom stereocenters. The Bertz CT molecular complexity index is 563. The summed E-state index contributed by atoms with van der Waals surface area (Å²) in [6.07, 6.45) is 2.25. The minimum atomic E-state index is -0.118. The van der Waals surface area contributed by atoms with Crippen molar-refractivity contribution >= 4 is 5.65 Å². The Hall–Kier alpha value is -1.88. The second-order valence-corrected chi connectivity index (χ2v) is 3.39. The van der Waals surface area contributed by atoms with Crippen molar-refractivity contribution in [1.29, 1.82) is 0 Å². The third-order valence-corrected chi connectivity index (χ3v) is 2.33. The van der Waals surface area contributed by atoms with E-state index in [1.807, 2.05) is 0 Å². The van der Waals surface area contributed by atoms with Gasteiger partial charge in [0, 0.05) is 24.4 Å². The van der Waals surface area contributed by atoms with E-state index >= 15 is 0 Å². The maximum atomic E-state index is 11.8. The number of hydrogen-bond donors (Lipinski definition) is 1. The van der Waals surface area contributed by atoms with Crippen molar-refractivity contribution < 1.29 is 4.74 Å². The summed E-state index contributed by atoms with van der Waals surface area (Å²) < 4.78 is 6.62. The fourth-order valence-corrected chi connectivity index (χ4v) is 1.58. The number of rotatable bonds is 3. The Balaban J connectivity index is 2.72. The van der Waals surface area contributed by atoms with E-state index in [0.717, 1.165) is 0 Å². The predicted octanol–water partition coefficient (Wildman–Crippen LogP) is 0.204. The van der Waals surface area contributed by atoms with E-state index in [4.69, 9.17) is 10.5 Å². The maximum absolute atomic E-state index is 11.8. The lowest BCUT2D eigenvalue weighted by atomic mass is 10.3. The van der Waals surface area contributed by atoms with Crippen molar-refractivity contribution in [2.45, 2.75) is 6.42 Å². The molecule has 0 aliphatic carbocycles. The van der Waals surface area contributed by atoms with E-state index in [-0.39, 0.29) is 5.56 Å². The number of aromatic nitrogens is 2. The molecule has 2 N–H and O–H groups in total. The van der Waals surface area contributed by atoms with Crippen LogP contribution in [0.4, 0.5) is 0 Å². The fourth-order valence-electron chi connectivity index (χ4n) is 1.58. The second-order valence-electron chi connectivity index (χ2n) is 3.39. The lowest BCUT2D eigenvalue weighted by Gasteiger charge is -2.06. The van der Waals surface area contributed by atoms with E-state index < -0.39 is 0 Å². The standard InChI is InChI=1S/C11H13N3O2/c1-16-9-3-2-6-14-10(15)7-8(4-5-12)13-11(9)14/h2-3,6-7H,4-5,12H2,1H3. The highest BCUT2D eigenvalue weighted by Gasteiger charge is 2.06. The van der Waals surface area contributed by atoms with Crippen LogP contribution in [0.2, 0.25) is 0 Å². The number of pyridine rings is 1. The molecule has 0 amide bonds. The molecule has 0 bridgehead atoms. The minimum absolute atomic E-state index is 0.118. The van der Waals surface area contributed by atoms with Crippen LogP contribution in [0.25, 0.3) is 5.65 Å². The summed E-state index contributed by atoms with van der Waals surface area (Å²) >= 11 is 0. The monoisotopic (exact) mass is 219 g/mol. The molecular weight excluding hydrogens is 206 g/mol. The molecule has 0 aromatic carbocycles. The van der Waals surface area contributed by atoms with E-state index in [2.05, 4.69) is 4.98 Å². The summed E-state index contributed by atoms with van der Waals surface area (Å²) in [5.41, 5.74) is 6.55. The lowest BCUT2D eigenvalue weighted by molar-refractivity contribution is 0.416. The lowest BCUT2D eigenvalue weighted by Crippen LogP contribution is -2.17. The van der Waals surface area contributed by atoms with Gasteiger partial charge in [0.25, 0.3) is 5.56 Å². The highest BCUT2D eigenvalue weighted by atomic mass is 16.5. The van der Waals surface area contributed by atoms with Gasteiger partial charge in [0.2, 0.25) is 0 Å². The highest BCUT2D eigenvalue weighted by Crippen LogP contribution is 2.15. The zero-order valence-electron chi connectivity index (χ0n) is 9.01. The largest absolute Gasteiger partial charge is 0.493 e. The molecular formula is C11H13N3O2. The first-order valence-corrected chi connectivity index (χ1v) is 5.01. The molecule has 2 aromatic heterocycles. The van der Waals surface area contributed by atoms with Gasteiger partial charge in [0.1, 0.15) is 0 Å². The van der Waals surface area contributed by atoms with Crippen LogP contribution < -0.4 is 16.0 Å². The first kappa shape index (κ1) is 10.6. The minimum Gasteiger partial charge on any atom is -0.493 e. The Kier molecular flexibility index (Phi) is 2.87. The summed E-state index contributed by atoms with van der Waals surface area (Å²) in [6, 6.07) is 5.02. The molecule has 16 heavy (non-hydrogen) atoms. The van der Waals surface area contributed by atoms with Crippen molar-refractivity contribution in [3.63, 3.8) is 0 Å². The fraction of sp³-hybridized carbons (Fsp3) is 0.273. The van der Waals surface area contributed by atoms with Crippen molar-refractivity contribution in [2.24, 2.45) is 5.73 Å². The van der Waals surface area contributed by atoms with Crippen molar-refractivity contribution in [3.05, 3.63) is 40.4 Å².